The number of hydrogen-bond acceptors (Lipinski definition) is 7. The van der Waals surface area contributed by atoms with Gasteiger partial charge < -0.3 is 9.73 Å². The van der Waals surface area contributed by atoms with Crippen LogP contribution in [0.5, 0.6) is 0 Å². The lowest BCUT2D eigenvalue weighted by molar-refractivity contribution is -0.127. The minimum absolute atomic E-state index is 0.00414. The molecule has 3 aromatic heterocycles. The first kappa shape index (κ1) is 23.9. The molecule has 36 heavy (non-hydrogen) atoms. The molecule has 3 heterocycles. The maximum atomic E-state index is 15.1. The van der Waals surface area contributed by atoms with Gasteiger partial charge in [-0.05, 0) is 60.7 Å². The molecule has 0 aliphatic heterocycles. The molecule has 1 fully saturated rings. The summed E-state index contributed by atoms with van der Waals surface area (Å²) in [5.74, 6) is -0.180. The topological polar surface area (TPSA) is 106 Å². The van der Waals surface area contributed by atoms with Gasteiger partial charge in [-0.2, -0.15) is 4.80 Å². The van der Waals surface area contributed by atoms with Crippen LogP contribution in [0.15, 0.2) is 58.3 Å². The number of halogens is 1. The zero-order valence-electron chi connectivity index (χ0n) is 19.6. The van der Waals surface area contributed by atoms with E-state index in [9.17, 15) is 9.59 Å². The summed E-state index contributed by atoms with van der Waals surface area (Å²) in [5.41, 5.74) is 0.00414. The molecule has 4 aromatic rings. The molecule has 0 unspecified atom stereocenters. The van der Waals surface area contributed by atoms with Crippen LogP contribution in [0.3, 0.4) is 0 Å². The van der Waals surface area contributed by atoms with E-state index in [2.05, 4.69) is 20.7 Å². The van der Waals surface area contributed by atoms with Crippen LogP contribution < -0.4 is 10.2 Å². The number of aryl methyl sites for hydroxylation is 1. The Morgan fingerprint density at radius 1 is 1.19 bits per heavy atom. The Labute approximate surface area is 210 Å². The monoisotopic (exact) mass is 508 g/mol. The molecule has 0 bridgehead atoms. The molecule has 11 heteroatoms. The maximum absolute atomic E-state index is 15.1. The normalized spacial score (nSPS) is 14.6. The van der Waals surface area contributed by atoms with E-state index in [1.807, 2.05) is 5.38 Å². The van der Waals surface area contributed by atoms with E-state index in [1.165, 1.54) is 34.4 Å². The van der Waals surface area contributed by atoms with Crippen molar-refractivity contribution < 1.29 is 18.4 Å². The summed E-state index contributed by atoms with van der Waals surface area (Å²) in [6, 6.07) is 12.0. The number of furan rings is 1. The third kappa shape index (κ3) is 5.06. The summed E-state index contributed by atoms with van der Waals surface area (Å²) in [7, 11) is 0. The molecular weight excluding hydrogens is 483 g/mol. The number of para-hydroxylation sites is 1. The lowest BCUT2D eigenvalue weighted by Crippen LogP contribution is -2.47. The van der Waals surface area contributed by atoms with Crippen molar-refractivity contribution in [1.29, 1.82) is 0 Å². The average molecular weight is 509 g/mol. The SMILES string of the molecule is Cc1ccc(-c2nnn(CC(=O)N(c3ccccc3F)[C@@H](C(=O)NC3CCCC3)c3cccs3)n2)o1. The first-order valence-electron chi connectivity index (χ1n) is 11.7. The third-order valence-electron chi connectivity index (χ3n) is 6.09. The number of nitrogens with zero attached hydrogens (tertiary/aromatic N) is 5. The van der Waals surface area contributed by atoms with Crippen LogP contribution in [0.4, 0.5) is 10.1 Å². The zero-order valence-corrected chi connectivity index (χ0v) is 20.4. The molecule has 0 radical (unpaired) electrons. The summed E-state index contributed by atoms with van der Waals surface area (Å²) >= 11 is 1.33. The van der Waals surface area contributed by atoms with Gasteiger partial charge in [-0.25, -0.2) is 4.39 Å². The lowest BCUT2D eigenvalue weighted by Gasteiger charge is -2.31. The fourth-order valence-electron chi connectivity index (χ4n) is 4.40. The highest BCUT2D eigenvalue weighted by atomic mass is 32.1. The van der Waals surface area contributed by atoms with Crippen molar-refractivity contribution in [3.05, 3.63) is 70.4 Å². The van der Waals surface area contributed by atoms with Gasteiger partial charge in [-0.3, -0.25) is 14.5 Å². The first-order chi connectivity index (χ1) is 17.5. The number of anilines is 1. The second-order valence-electron chi connectivity index (χ2n) is 8.68. The Bertz CT molecular complexity index is 1350. The molecule has 1 aliphatic carbocycles. The van der Waals surface area contributed by atoms with Crippen molar-refractivity contribution >= 4 is 28.8 Å². The summed E-state index contributed by atoms with van der Waals surface area (Å²) in [6.45, 7) is 1.45. The van der Waals surface area contributed by atoms with E-state index < -0.39 is 17.8 Å². The number of carbonyl (C=O) groups is 2. The van der Waals surface area contributed by atoms with E-state index in [0.29, 0.717) is 16.4 Å². The summed E-state index contributed by atoms with van der Waals surface area (Å²) in [4.78, 5) is 30.3. The molecule has 1 aliphatic rings. The minimum atomic E-state index is -1.05. The minimum Gasteiger partial charge on any atom is -0.458 e. The van der Waals surface area contributed by atoms with Gasteiger partial charge in [-0.15, -0.1) is 21.5 Å². The van der Waals surface area contributed by atoms with Crippen LogP contribution in [0.25, 0.3) is 11.6 Å². The highest BCUT2D eigenvalue weighted by Crippen LogP contribution is 2.33. The number of nitrogens with one attached hydrogen (secondary N) is 1. The van der Waals surface area contributed by atoms with Crippen LogP contribution in [-0.4, -0.2) is 38.1 Å². The van der Waals surface area contributed by atoms with Gasteiger partial charge in [0, 0.05) is 10.9 Å². The van der Waals surface area contributed by atoms with Gasteiger partial charge in [0.15, 0.2) is 5.76 Å². The van der Waals surface area contributed by atoms with Gasteiger partial charge in [0.25, 0.3) is 5.91 Å². The van der Waals surface area contributed by atoms with Crippen molar-refractivity contribution in [1.82, 2.24) is 25.5 Å². The van der Waals surface area contributed by atoms with Crippen LogP contribution >= 0.6 is 11.3 Å². The average Bonchev–Trinajstić information content (AvgIpc) is 3.66. The summed E-state index contributed by atoms with van der Waals surface area (Å²) in [6.07, 6.45) is 3.85. The Balaban J connectivity index is 1.48. The van der Waals surface area contributed by atoms with Crippen molar-refractivity contribution in [2.24, 2.45) is 0 Å². The smallest absolute Gasteiger partial charge is 0.251 e. The fraction of sp³-hybridized carbons (Fsp3) is 0.320. The number of tetrazole rings is 1. The standard InChI is InChI=1S/C25H25FN6O3S/c1-16-12-13-20(35-16)24-28-30-31(29-24)15-22(33)32(19-10-5-4-9-18(19)26)23(21-11-6-14-36-21)25(34)27-17-7-2-3-8-17/h4-6,9-14,17,23H,2-3,7-8,15H2,1H3,(H,27,34)/t23-/m1/s1. The van der Waals surface area contributed by atoms with Gasteiger partial charge in [-0.1, -0.05) is 31.0 Å². The van der Waals surface area contributed by atoms with Gasteiger partial charge in [0.1, 0.15) is 24.2 Å². The molecule has 186 valence electrons. The largest absolute Gasteiger partial charge is 0.458 e. The zero-order chi connectivity index (χ0) is 25.1. The Morgan fingerprint density at radius 2 is 2.00 bits per heavy atom. The number of thiophene rings is 1. The molecule has 5 rings (SSSR count). The first-order valence-corrected chi connectivity index (χ1v) is 12.6. The highest BCUT2D eigenvalue weighted by molar-refractivity contribution is 7.10. The Morgan fingerprint density at radius 3 is 2.69 bits per heavy atom. The molecule has 2 amide bonds. The van der Waals surface area contributed by atoms with E-state index in [0.717, 1.165) is 30.5 Å². The van der Waals surface area contributed by atoms with Crippen molar-refractivity contribution in [3.8, 4) is 11.6 Å². The number of hydrogen-bond donors (Lipinski definition) is 1. The van der Waals surface area contributed by atoms with Gasteiger partial charge >= 0.3 is 0 Å². The van der Waals surface area contributed by atoms with Crippen LogP contribution in [0.1, 0.15) is 42.4 Å². The fourth-order valence-corrected chi connectivity index (χ4v) is 5.21. The van der Waals surface area contributed by atoms with Crippen molar-refractivity contribution in [3.63, 3.8) is 0 Å². The quantitative estimate of drug-likeness (QED) is 0.381. The molecule has 1 atom stereocenters. The van der Waals surface area contributed by atoms with Crippen LogP contribution in [0, 0.1) is 12.7 Å². The summed E-state index contributed by atoms with van der Waals surface area (Å²) in [5, 5.41) is 17.1. The van der Waals surface area contributed by atoms with Gasteiger partial charge in [0.2, 0.25) is 11.7 Å². The predicted octanol–water partition coefficient (Wildman–Crippen LogP) is 4.28. The number of benzene rings is 1. The van der Waals surface area contributed by atoms with E-state index in [4.69, 9.17) is 4.42 Å². The molecule has 9 nitrogen and oxygen atoms in total. The molecule has 0 spiro atoms. The molecule has 0 saturated heterocycles. The van der Waals surface area contributed by atoms with E-state index in [-0.39, 0.29) is 30.0 Å². The predicted molar refractivity (Wildman–Crippen MR) is 132 cm³/mol. The summed E-state index contributed by atoms with van der Waals surface area (Å²) < 4.78 is 20.6. The highest BCUT2D eigenvalue weighted by Gasteiger charge is 2.36. The molecule has 1 N–H and O–H groups in total. The number of rotatable bonds is 8. The number of carbonyl (C=O) groups excluding carboxylic acids is 2. The van der Waals surface area contributed by atoms with E-state index >= 15 is 4.39 Å². The van der Waals surface area contributed by atoms with Crippen LogP contribution in [-0.2, 0) is 16.1 Å². The third-order valence-corrected chi connectivity index (χ3v) is 7.02. The maximum Gasteiger partial charge on any atom is 0.251 e. The molecular formula is C25H25FN6O3S. The second kappa shape index (κ2) is 10.4. The molecule has 1 saturated carbocycles. The van der Waals surface area contributed by atoms with Crippen molar-refractivity contribution in [2.75, 3.05) is 4.90 Å². The second-order valence-corrected chi connectivity index (χ2v) is 9.66. The van der Waals surface area contributed by atoms with E-state index in [1.54, 1.807) is 37.3 Å². The van der Waals surface area contributed by atoms with Gasteiger partial charge in [0.05, 0.1) is 5.69 Å². The van der Waals surface area contributed by atoms with Crippen molar-refractivity contribution in [2.45, 2.75) is 51.2 Å². The Kier molecular flexibility index (Phi) is 6.90. The van der Waals surface area contributed by atoms with Crippen LogP contribution in [0.2, 0.25) is 0 Å². The molecule has 1 aromatic carbocycles. The Hall–Kier alpha value is -3.86. The number of amides is 2. The number of aromatic nitrogens is 4. The lowest BCUT2D eigenvalue weighted by atomic mass is 10.1.